The Balaban J connectivity index is 0.000000454. The number of piperidine rings is 1. The van der Waals surface area contributed by atoms with Gasteiger partial charge >= 0.3 is 18.3 Å². The second-order valence-electron chi connectivity index (χ2n) is 8.11. The standard InChI is InChI=1S/C21H21F3N4O.C2HF3O2/c22-21(23,24)17-6-7-19(25-14-17)27-12-9-16(10-13-27)20(29)28-18(8-11-26-28)15-4-2-1-3-5-15;3-2(4,5)1(6)7/h1-7,11,14,16,18H,8-10,12-13H2;(H,6,7). The van der Waals surface area contributed by atoms with E-state index in [1.807, 2.05) is 35.2 Å². The molecule has 1 N–H and O–H groups in total. The van der Waals surface area contributed by atoms with E-state index in [0.29, 0.717) is 38.2 Å². The fraction of sp³-hybridized carbons (Fsp3) is 0.391. The number of aromatic nitrogens is 1. The highest BCUT2D eigenvalue weighted by molar-refractivity contribution is 5.82. The monoisotopic (exact) mass is 516 g/mol. The molecule has 0 spiro atoms. The number of carbonyl (C=O) groups excluding carboxylic acids is 1. The van der Waals surface area contributed by atoms with Crippen LogP contribution < -0.4 is 4.90 Å². The molecule has 1 amide bonds. The van der Waals surface area contributed by atoms with Gasteiger partial charge in [0.15, 0.2) is 0 Å². The number of aliphatic carboxylic acids is 1. The van der Waals surface area contributed by atoms with E-state index < -0.39 is 23.9 Å². The second-order valence-corrected chi connectivity index (χ2v) is 8.11. The normalized spacial score (nSPS) is 18.6. The number of halogens is 6. The molecule has 13 heteroatoms. The molecule has 0 aliphatic carbocycles. The van der Waals surface area contributed by atoms with Crippen LogP contribution in [0.3, 0.4) is 0 Å². The third-order valence-corrected chi connectivity index (χ3v) is 5.73. The van der Waals surface area contributed by atoms with Gasteiger partial charge in [-0.05, 0) is 30.5 Å². The first-order valence-electron chi connectivity index (χ1n) is 10.9. The molecule has 2 aliphatic heterocycles. The molecule has 194 valence electrons. The fourth-order valence-corrected chi connectivity index (χ4v) is 3.86. The van der Waals surface area contributed by atoms with E-state index in [4.69, 9.17) is 9.90 Å². The van der Waals surface area contributed by atoms with E-state index in [2.05, 4.69) is 10.1 Å². The molecule has 1 aromatic carbocycles. The summed E-state index contributed by atoms with van der Waals surface area (Å²) in [4.78, 5) is 27.8. The summed E-state index contributed by atoms with van der Waals surface area (Å²) >= 11 is 0. The Morgan fingerprint density at radius 1 is 0.944 bits per heavy atom. The minimum Gasteiger partial charge on any atom is -0.475 e. The topological polar surface area (TPSA) is 86.1 Å². The van der Waals surface area contributed by atoms with Gasteiger partial charge in [0.1, 0.15) is 5.82 Å². The number of hydrogen-bond acceptors (Lipinski definition) is 5. The summed E-state index contributed by atoms with van der Waals surface area (Å²) in [6.45, 7) is 1.14. The Morgan fingerprint density at radius 2 is 1.56 bits per heavy atom. The first-order valence-corrected chi connectivity index (χ1v) is 10.9. The number of carboxylic acids is 1. The minimum atomic E-state index is -5.08. The predicted molar refractivity (Wildman–Crippen MR) is 117 cm³/mol. The number of carboxylic acid groups (broad SMARTS) is 1. The van der Waals surface area contributed by atoms with Crippen LogP contribution in [0.5, 0.6) is 0 Å². The molecule has 0 bridgehead atoms. The zero-order valence-electron chi connectivity index (χ0n) is 18.7. The summed E-state index contributed by atoms with van der Waals surface area (Å²) in [5, 5.41) is 13.0. The molecule has 4 rings (SSSR count). The molecule has 2 aliphatic rings. The van der Waals surface area contributed by atoms with Crippen molar-refractivity contribution in [1.82, 2.24) is 9.99 Å². The van der Waals surface area contributed by atoms with Gasteiger partial charge in [-0.25, -0.2) is 14.8 Å². The number of anilines is 1. The van der Waals surface area contributed by atoms with E-state index in [1.165, 1.54) is 6.07 Å². The van der Waals surface area contributed by atoms with E-state index >= 15 is 0 Å². The lowest BCUT2D eigenvalue weighted by molar-refractivity contribution is -0.192. The molecule has 1 aromatic heterocycles. The highest BCUT2D eigenvalue weighted by Gasteiger charge is 2.38. The van der Waals surface area contributed by atoms with Gasteiger partial charge in [-0.15, -0.1) is 0 Å². The Morgan fingerprint density at radius 3 is 2.06 bits per heavy atom. The van der Waals surface area contributed by atoms with E-state index in [-0.39, 0.29) is 17.9 Å². The summed E-state index contributed by atoms with van der Waals surface area (Å²) < 4.78 is 69.8. The van der Waals surface area contributed by atoms with Gasteiger partial charge in [0, 0.05) is 37.8 Å². The lowest BCUT2D eigenvalue weighted by Crippen LogP contribution is -2.41. The van der Waals surface area contributed by atoms with Crippen LogP contribution in [0.25, 0.3) is 0 Å². The number of amides is 1. The van der Waals surface area contributed by atoms with Crippen molar-refractivity contribution in [3.63, 3.8) is 0 Å². The maximum Gasteiger partial charge on any atom is 0.490 e. The highest BCUT2D eigenvalue weighted by Crippen LogP contribution is 2.33. The summed E-state index contributed by atoms with van der Waals surface area (Å²) in [6.07, 6.45) is -4.91. The maximum atomic E-state index is 13.0. The molecule has 1 saturated heterocycles. The van der Waals surface area contributed by atoms with E-state index in [1.54, 1.807) is 11.2 Å². The second kappa shape index (κ2) is 11.0. The van der Waals surface area contributed by atoms with Crippen LogP contribution in [-0.2, 0) is 15.8 Å². The number of benzene rings is 1. The highest BCUT2D eigenvalue weighted by atomic mass is 19.4. The van der Waals surface area contributed by atoms with Crippen molar-refractivity contribution in [3.8, 4) is 0 Å². The van der Waals surface area contributed by atoms with Gasteiger partial charge in [0.05, 0.1) is 11.6 Å². The lowest BCUT2D eigenvalue weighted by atomic mass is 9.94. The predicted octanol–water partition coefficient (Wildman–Crippen LogP) is 4.91. The molecule has 1 unspecified atom stereocenters. The molecular formula is C23H22F6N4O3. The van der Waals surface area contributed by atoms with Gasteiger partial charge in [-0.3, -0.25) is 4.79 Å². The van der Waals surface area contributed by atoms with Crippen molar-refractivity contribution in [2.24, 2.45) is 11.0 Å². The Bertz CT molecular complexity index is 1070. The van der Waals surface area contributed by atoms with Crippen molar-refractivity contribution in [2.45, 2.75) is 37.7 Å². The van der Waals surface area contributed by atoms with Crippen molar-refractivity contribution in [2.75, 3.05) is 18.0 Å². The Labute approximate surface area is 202 Å². The van der Waals surface area contributed by atoms with Crippen LogP contribution in [0.15, 0.2) is 53.8 Å². The smallest absolute Gasteiger partial charge is 0.475 e. The molecule has 0 saturated carbocycles. The molecule has 3 heterocycles. The number of rotatable bonds is 3. The summed E-state index contributed by atoms with van der Waals surface area (Å²) in [6, 6.07) is 12.2. The number of pyridine rings is 1. The van der Waals surface area contributed by atoms with E-state index in [0.717, 1.165) is 17.8 Å². The Hall–Kier alpha value is -3.64. The van der Waals surface area contributed by atoms with Crippen LogP contribution in [0.4, 0.5) is 32.2 Å². The third-order valence-electron chi connectivity index (χ3n) is 5.73. The quantitative estimate of drug-likeness (QED) is 0.586. The maximum absolute atomic E-state index is 13.0. The summed E-state index contributed by atoms with van der Waals surface area (Å²) in [7, 11) is 0. The van der Waals surface area contributed by atoms with Crippen molar-refractivity contribution >= 4 is 23.9 Å². The van der Waals surface area contributed by atoms with E-state index in [9.17, 15) is 31.1 Å². The van der Waals surface area contributed by atoms with Gasteiger partial charge in [-0.2, -0.15) is 31.4 Å². The van der Waals surface area contributed by atoms with Gasteiger partial charge in [0.25, 0.3) is 0 Å². The van der Waals surface area contributed by atoms with Crippen molar-refractivity contribution in [1.29, 1.82) is 0 Å². The molecule has 1 fully saturated rings. The van der Waals surface area contributed by atoms with Crippen molar-refractivity contribution in [3.05, 3.63) is 59.8 Å². The first-order chi connectivity index (χ1) is 16.9. The number of alkyl halides is 6. The summed E-state index contributed by atoms with van der Waals surface area (Å²) in [5.74, 6) is -2.40. The molecule has 36 heavy (non-hydrogen) atoms. The van der Waals surface area contributed by atoms with Crippen LogP contribution in [0, 0.1) is 5.92 Å². The van der Waals surface area contributed by atoms with Gasteiger partial charge in [-0.1, -0.05) is 30.3 Å². The van der Waals surface area contributed by atoms with Crippen molar-refractivity contribution < 1.29 is 41.0 Å². The number of carbonyl (C=O) groups is 2. The zero-order valence-corrected chi connectivity index (χ0v) is 18.7. The fourth-order valence-electron chi connectivity index (χ4n) is 3.86. The molecule has 0 radical (unpaired) electrons. The summed E-state index contributed by atoms with van der Waals surface area (Å²) in [5.41, 5.74) is 0.301. The number of hydrogen-bond donors (Lipinski definition) is 1. The van der Waals surface area contributed by atoms with Crippen LogP contribution in [-0.4, -0.2) is 52.5 Å². The minimum absolute atomic E-state index is 0.00707. The Kier molecular flexibility index (Phi) is 8.21. The number of nitrogens with zero attached hydrogens (tertiary/aromatic N) is 4. The lowest BCUT2D eigenvalue weighted by Gasteiger charge is -2.34. The van der Waals surface area contributed by atoms with Gasteiger partial charge in [0.2, 0.25) is 5.91 Å². The molecule has 1 atom stereocenters. The average molecular weight is 516 g/mol. The third kappa shape index (κ3) is 6.73. The molecular weight excluding hydrogens is 494 g/mol. The first kappa shape index (κ1) is 27.0. The zero-order chi connectivity index (χ0) is 26.5. The largest absolute Gasteiger partial charge is 0.490 e. The SMILES string of the molecule is O=C(C1CCN(c2ccc(C(F)(F)F)cn2)CC1)N1N=CCC1c1ccccc1.O=C(O)C(F)(F)F. The average Bonchev–Trinajstić information content (AvgIpc) is 3.34. The van der Waals surface area contributed by atoms with Crippen LogP contribution in [0.2, 0.25) is 0 Å². The number of hydrazone groups is 1. The van der Waals surface area contributed by atoms with Crippen LogP contribution >= 0.6 is 0 Å². The molecule has 2 aromatic rings. The van der Waals surface area contributed by atoms with Gasteiger partial charge < -0.3 is 10.0 Å². The van der Waals surface area contributed by atoms with Crippen LogP contribution in [0.1, 0.15) is 36.4 Å². The molecule has 7 nitrogen and oxygen atoms in total.